The van der Waals surface area contributed by atoms with Gasteiger partial charge in [0.2, 0.25) is 0 Å². The van der Waals surface area contributed by atoms with Gasteiger partial charge in [0.15, 0.2) is 0 Å². The molecule has 0 fully saturated rings. The van der Waals surface area contributed by atoms with Gasteiger partial charge in [-0.1, -0.05) is 18.2 Å². The molecule has 0 aliphatic heterocycles. The van der Waals surface area contributed by atoms with Gasteiger partial charge >= 0.3 is 6.16 Å². The maximum absolute atomic E-state index is 10.8. The van der Waals surface area contributed by atoms with Gasteiger partial charge < -0.3 is 14.8 Å². The van der Waals surface area contributed by atoms with Crippen molar-refractivity contribution in [2.75, 3.05) is 25.1 Å². The lowest BCUT2D eigenvalue weighted by molar-refractivity contribution is 0.0620. The van der Waals surface area contributed by atoms with E-state index in [1.807, 2.05) is 30.3 Å². The third-order valence-electron chi connectivity index (χ3n) is 1.69. The molecular formula is C11H15NO3. The van der Waals surface area contributed by atoms with Crippen molar-refractivity contribution < 1.29 is 14.3 Å². The van der Waals surface area contributed by atoms with E-state index in [0.717, 1.165) is 5.69 Å². The molecule has 0 spiro atoms. The molecule has 0 aromatic heterocycles. The van der Waals surface area contributed by atoms with Crippen molar-refractivity contribution in [3.05, 3.63) is 30.3 Å². The van der Waals surface area contributed by atoms with Crippen LogP contribution in [0.4, 0.5) is 10.5 Å². The summed E-state index contributed by atoms with van der Waals surface area (Å²) in [7, 11) is 0. The van der Waals surface area contributed by atoms with Crippen molar-refractivity contribution in [1.29, 1.82) is 0 Å². The van der Waals surface area contributed by atoms with Gasteiger partial charge in [0.05, 0.1) is 6.61 Å². The van der Waals surface area contributed by atoms with E-state index in [-0.39, 0.29) is 0 Å². The van der Waals surface area contributed by atoms with Gasteiger partial charge in [0.1, 0.15) is 6.61 Å². The number of nitrogens with one attached hydrogen (secondary N) is 1. The van der Waals surface area contributed by atoms with Crippen LogP contribution in [-0.2, 0) is 9.47 Å². The molecule has 82 valence electrons. The lowest BCUT2D eigenvalue weighted by Crippen LogP contribution is -2.14. The first-order chi connectivity index (χ1) is 7.33. The summed E-state index contributed by atoms with van der Waals surface area (Å²) in [5, 5.41) is 3.11. The number of hydrogen-bond donors (Lipinski definition) is 1. The highest BCUT2D eigenvalue weighted by molar-refractivity contribution is 5.59. The maximum atomic E-state index is 10.8. The Kier molecular flexibility index (Phi) is 5.08. The van der Waals surface area contributed by atoms with E-state index in [2.05, 4.69) is 10.1 Å². The zero-order valence-electron chi connectivity index (χ0n) is 8.73. The summed E-state index contributed by atoms with van der Waals surface area (Å²) in [6, 6.07) is 9.72. The molecule has 1 aromatic carbocycles. The first kappa shape index (κ1) is 11.4. The van der Waals surface area contributed by atoms with Gasteiger partial charge in [-0.05, 0) is 19.1 Å². The third-order valence-corrected chi connectivity index (χ3v) is 1.69. The Morgan fingerprint density at radius 3 is 2.67 bits per heavy atom. The lowest BCUT2D eigenvalue weighted by atomic mass is 10.3. The second-order valence-electron chi connectivity index (χ2n) is 2.82. The van der Waals surface area contributed by atoms with Gasteiger partial charge in [-0.25, -0.2) is 4.79 Å². The fraction of sp³-hybridized carbons (Fsp3) is 0.364. The minimum Gasteiger partial charge on any atom is -0.435 e. The number of carbonyl (C=O) groups excluding carboxylic acids is 1. The minimum atomic E-state index is -0.618. The molecule has 0 amide bonds. The highest BCUT2D eigenvalue weighted by atomic mass is 16.7. The second-order valence-corrected chi connectivity index (χ2v) is 2.82. The van der Waals surface area contributed by atoms with Crippen LogP contribution in [-0.4, -0.2) is 25.9 Å². The van der Waals surface area contributed by atoms with Crippen molar-refractivity contribution in [2.45, 2.75) is 6.92 Å². The van der Waals surface area contributed by atoms with Crippen LogP contribution in [0.25, 0.3) is 0 Å². The lowest BCUT2D eigenvalue weighted by Gasteiger charge is -2.06. The Bertz CT molecular complexity index is 287. The van der Waals surface area contributed by atoms with Gasteiger partial charge in [0, 0.05) is 12.2 Å². The molecular weight excluding hydrogens is 194 g/mol. The van der Waals surface area contributed by atoms with Gasteiger partial charge in [-0.3, -0.25) is 0 Å². The van der Waals surface area contributed by atoms with Crippen molar-refractivity contribution in [2.24, 2.45) is 0 Å². The predicted molar refractivity (Wildman–Crippen MR) is 57.9 cm³/mol. The Morgan fingerprint density at radius 1 is 1.27 bits per heavy atom. The van der Waals surface area contributed by atoms with E-state index in [9.17, 15) is 4.79 Å². The Morgan fingerprint density at radius 2 is 2.00 bits per heavy atom. The van der Waals surface area contributed by atoms with E-state index < -0.39 is 6.16 Å². The Balaban J connectivity index is 2.10. The largest absolute Gasteiger partial charge is 0.508 e. The fourth-order valence-corrected chi connectivity index (χ4v) is 1.05. The quantitative estimate of drug-likeness (QED) is 0.597. The summed E-state index contributed by atoms with van der Waals surface area (Å²) in [5.41, 5.74) is 1.00. The van der Waals surface area contributed by atoms with Crippen LogP contribution in [0.3, 0.4) is 0 Å². The van der Waals surface area contributed by atoms with E-state index >= 15 is 0 Å². The molecule has 1 N–H and O–H groups in total. The first-order valence-corrected chi connectivity index (χ1v) is 4.91. The number of ether oxygens (including phenoxy) is 2. The molecule has 0 heterocycles. The number of anilines is 1. The van der Waals surface area contributed by atoms with Crippen molar-refractivity contribution >= 4 is 11.8 Å². The average molecular weight is 209 g/mol. The normalized spacial score (nSPS) is 9.40. The van der Waals surface area contributed by atoms with Crippen LogP contribution in [0, 0.1) is 0 Å². The van der Waals surface area contributed by atoms with Crippen LogP contribution in [0.15, 0.2) is 30.3 Å². The molecule has 1 rings (SSSR count). The molecule has 0 saturated heterocycles. The molecule has 1 aromatic rings. The van der Waals surface area contributed by atoms with E-state index in [0.29, 0.717) is 19.8 Å². The summed E-state index contributed by atoms with van der Waals surface area (Å²) < 4.78 is 9.39. The van der Waals surface area contributed by atoms with Crippen LogP contribution < -0.4 is 5.32 Å². The number of carbonyl (C=O) groups is 1. The molecule has 0 radical (unpaired) electrons. The summed E-state index contributed by atoms with van der Waals surface area (Å²) in [6.45, 7) is 2.95. The standard InChI is InChI=1S/C11H15NO3/c1-2-14-11(13)15-9-8-12-10-6-4-3-5-7-10/h3-7,12H,2,8-9H2,1H3. The predicted octanol–water partition coefficient (Wildman–Crippen LogP) is 2.27. The molecule has 0 bridgehead atoms. The second kappa shape index (κ2) is 6.70. The molecule has 0 atom stereocenters. The Labute approximate surface area is 89.2 Å². The van der Waals surface area contributed by atoms with Crippen molar-refractivity contribution in [3.63, 3.8) is 0 Å². The zero-order chi connectivity index (χ0) is 10.9. The summed E-state index contributed by atoms with van der Waals surface area (Å²) >= 11 is 0. The van der Waals surface area contributed by atoms with Gasteiger partial charge in [-0.15, -0.1) is 0 Å². The minimum absolute atomic E-state index is 0.299. The van der Waals surface area contributed by atoms with Crippen LogP contribution >= 0.6 is 0 Å². The molecule has 0 saturated carbocycles. The third kappa shape index (κ3) is 4.90. The molecule has 0 aliphatic carbocycles. The Hall–Kier alpha value is -1.71. The van der Waals surface area contributed by atoms with Gasteiger partial charge in [-0.2, -0.15) is 0 Å². The monoisotopic (exact) mass is 209 g/mol. The van der Waals surface area contributed by atoms with Crippen molar-refractivity contribution in [1.82, 2.24) is 0 Å². The first-order valence-electron chi connectivity index (χ1n) is 4.91. The fourth-order valence-electron chi connectivity index (χ4n) is 1.05. The zero-order valence-corrected chi connectivity index (χ0v) is 8.73. The maximum Gasteiger partial charge on any atom is 0.508 e. The van der Waals surface area contributed by atoms with Crippen LogP contribution in [0.1, 0.15) is 6.92 Å². The molecule has 4 nitrogen and oxygen atoms in total. The van der Waals surface area contributed by atoms with Crippen LogP contribution in [0.5, 0.6) is 0 Å². The summed E-state index contributed by atoms with van der Waals surface area (Å²) in [4.78, 5) is 10.8. The molecule has 0 aliphatic rings. The topological polar surface area (TPSA) is 47.6 Å². The number of rotatable bonds is 5. The summed E-state index contributed by atoms with van der Waals surface area (Å²) in [6.07, 6.45) is -0.618. The van der Waals surface area contributed by atoms with E-state index in [1.165, 1.54) is 0 Å². The smallest absolute Gasteiger partial charge is 0.435 e. The average Bonchev–Trinajstić information content (AvgIpc) is 2.26. The molecule has 4 heteroatoms. The van der Waals surface area contributed by atoms with E-state index in [1.54, 1.807) is 6.92 Å². The molecule has 0 unspecified atom stereocenters. The van der Waals surface area contributed by atoms with E-state index in [4.69, 9.17) is 4.74 Å². The number of benzene rings is 1. The van der Waals surface area contributed by atoms with Crippen LogP contribution in [0.2, 0.25) is 0 Å². The highest BCUT2D eigenvalue weighted by Crippen LogP contribution is 2.03. The summed E-state index contributed by atoms with van der Waals surface area (Å²) in [5.74, 6) is 0. The highest BCUT2D eigenvalue weighted by Gasteiger charge is 2.00. The number of para-hydroxylation sites is 1. The van der Waals surface area contributed by atoms with Crippen molar-refractivity contribution in [3.8, 4) is 0 Å². The molecule has 15 heavy (non-hydrogen) atoms. The van der Waals surface area contributed by atoms with Gasteiger partial charge in [0.25, 0.3) is 0 Å². The SMILES string of the molecule is CCOC(=O)OCCNc1ccccc1. The number of hydrogen-bond acceptors (Lipinski definition) is 4.